The molecule has 20 heavy (non-hydrogen) atoms. The summed E-state index contributed by atoms with van der Waals surface area (Å²) in [5.74, 6) is 0. The molecule has 0 aliphatic carbocycles. The molecule has 1 aromatic rings. The van der Waals surface area contributed by atoms with Crippen LogP contribution in [0.2, 0.25) is 0 Å². The van der Waals surface area contributed by atoms with Gasteiger partial charge in [-0.2, -0.15) is 13.2 Å². The van der Waals surface area contributed by atoms with Gasteiger partial charge in [0.05, 0.1) is 5.56 Å². The third kappa shape index (κ3) is 3.62. The lowest BCUT2D eigenvalue weighted by Crippen LogP contribution is -2.34. The van der Waals surface area contributed by atoms with Crippen LogP contribution in [0, 0.1) is 0 Å². The molecule has 2 nitrogen and oxygen atoms in total. The number of rotatable bonds is 5. The van der Waals surface area contributed by atoms with Gasteiger partial charge in [0.2, 0.25) is 0 Å². The summed E-state index contributed by atoms with van der Waals surface area (Å²) in [6.45, 7) is 6.67. The number of hydrogen-bond acceptors (Lipinski definition) is 2. The van der Waals surface area contributed by atoms with Crippen molar-refractivity contribution >= 4 is 22.9 Å². The van der Waals surface area contributed by atoms with Gasteiger partial charge in [-0.05, 0) is 38.5 Å². The van der Waals surface area contributed by atoms with Gasteiger partial charge in [-0.3, -0.25) is 0 Å². The molecule has 112 valence electrons. The van der Waals surface area contributed by atoms with E-state index < -0.39 is 11.7 Å². The molecule has 0 amide bonds. The van der Waals surface area contributed by atoms with E-state index in [0.717, 1.165) is 18.6 Å². The van der Waals surface area contributed by atoms with Crippen LogP contribution in [-0.4, -0.2) is 17.6 Å². The molecule has 0 aromatic heterocycles. The highest BCUT2D eigenvalue weighted by Crippen LogP contribution is 2.33. The van der Waals surface area contributed by atoms with Crippen molar-refractivity contribution in [3.63, 3.8) is 0 Å². The van der Waals surface area contributed by atoms with Crippen LogP contribution in [0.25, 0.3) is 0 Å². The van der Waals surface area contributed by atoms with Crippen molar-refractivity contribution in [1.82, 2.24) is 0 Å². The van der Waals surface area contributed by atoms with Crippen LogP contribution in [0.15, 0.2) is 18.2 Å². The van der Waals surface area contributed by atoms with Crippen molar-refractivity contribution in [3.8, 4) is 0 Å². The third-order valence-electron chi connectivity index (χ3n) is 3.36. The minimum Gasteiger partial charge on any atom is -0.389 e. The van der Waals surface area contributed by atoms with E-state index in [9.17, 15) is 13.2 Å². The summed E-state index contributed by atoms with van der Waals surface area (Å²) >= 11 is 4.91. The van der Waals surface area contributed by atoms with Crippen LogP contribution < -0.4 is 10.6 Å². The van der Waals surface area contributed by atoms with E-state index in [1.807, 2.05) is 25.7 Å². The van der Waals surface area contributed by atoms with Gasteiger partial charge in [-0.1, -0.05) is 19.1 Å². The number of nitrogens with two attached hydrogens (primary N) is 1. The average molecular weight is 304 g/mol. The van der Waals surface area contributed by atoms with E-state index in [4.69, 9.17) is 18.0 Å². The Morgan fingerprint density at radius 2 is 1.95 bits per heavy atom. The molecule has 0 aliphatic rings. The fraction of sp³-hybridized carbons (Fsp3) is 0.500. The molecular weight excluding hydrogens is 285 g/mol. The highest BCUT2D eigenvalue weighted by molar-refractivity contribution is 7.80. The predicted octanol–water partition coefficient (Wildman–Crippen LogP) is 3.96. The fourth-order valence-corrected chi connectivity index (χ4v) is 2.26. The van der Waals surface area contributed by atoms with Crippen LogP contribution in [0.5, 0.6) is 0 Å². The SMILES string of the molecule is CCC(C)N(CC)c1ccc(C(F)(F)F)cc1C(N)=S. The molecule has 0 bridgehead atoms. The zero-order valence-electron chi connectivity index (χ0n) is 11.8. The molecule has 0 saturated carbocycles. The average Bonchev–Trinajstić information content (AvgIpc) is 2.38. The summed E-state index contributed by atoms with van der Waals surface area (Å²) in [4.78, 5) is 1.99. The Balaban J connectivity index is 3.36. The Morgan fingerprint density at radius 3 is 2.35 bits per heavy atom. The van der Waals surface area contributed by atoms with Gasteiger partial charge >= 0.3 is 6.18 Å². The van der Waals surface area contributed by atoms with Crippen molar-refractivity contribution in [3.05, 3.63) is 29.3 Å². The lowest BCUT2D eigenvalue weighted by Gasteiger charge is -2.31. The van der Waals surface area contributed by atoms with Crippen LogP contribution in [0.3, 0.4) is 0 Å². The second kappa shape index (κ2) is 6.43. The minimum atomic E-state index is -4.40. The van der Waals surface area contributed by atoms with Gasteiger partial charge in [0.1, 0.15) is 4.99 Å². The maximum absolute atomic E-state index is 12.8. The number of anilines is 1. The van der Waals surface area contributed by atoms with Gasteiger partial charge in [0.25, 0.3) is 0 Å². The maximum atomic E-state index is 12.8. The summed E-state index contributed by atoms with van der Waals surface area (Å²) < 4.78 is 38.3. The Morgan fingerprint density at radius 1 is 1.35 bits per heavy atom. The lowest BCUT2D eigenvalue weighted by atomic mass is 10.0. The predicted molar refractivity (Wildman–Crippen MR) is 80.1 cm³/mol. The Labute approximate surface area is 122 Å². The van der Waals surface area contributed by atoms with Crippen molar-refractivity contribution in [2.75, 3.05) is 11.4 Å². The van der Waals surface area contributed by atoms with E-state index >= 15 is 0 Å². The second-order valence-corrected chi connectivity index (χ2v) is 5.08. The smallest absolute Gasteiger partial charge is 0.389 e. The first kappa shape index (κ1) is 16.8. The van der Waals surface area contributed by atoms with Crippen molar-refractivity contribution in [2.45, 2.75) is 39.4 Å². The van der Waals surface area contributed by atoms with Gasteiger partial charge in [0.15, 0.2) is 0 Å². The zero-order valence-corrected chi connectivity index (χ0v) is 12.6. The highest BCUT2D eigenvalue weighted by Gasteiger charge is 2.31. The number of halogens is 3. The summed E-state index contributed by atoms with van der Waals surface area (Å²) in [5.41, 5.74) is 5.80. The summed E-state index contributed by atoms with van der Waals surface area (Å²) in [6.07, 6.45) is -3.52. The van der Waals surface area contributed by atoms with Gasteiger partial charge < -0.3 is 10.6 Å². The molecule has 1 unspecified atom stereocenters. The van der Waals surface area contributed by atoms with Gasteiger partial charge in [-0.25, -0.2) is 0 Å². The molecule has 0 saturated heterocycles. The first-order valence-corrected chi connectivity index (χ1v) is 6.90. The Kier molecular flexibility index (Phi) is 5.39. The number of benzene rings is 1. The minimum absolute atomic E-state index is 0.0205. The third-order valence-corrected chi connectivity index (χ3v) is 3.58. The molecule has 6 heteroatoms. The summed E-state index contributed by atoms with van der Waals surface area (Å²) in [7, 11) is 0. The van der Waals surface area contributed by atoms with Gasteiger partial charge in [0, 0.05) is 23.8 Å². The topological polar surface area (TPSA) is 29.3 Å². The number of nitrogens with zero attached hydrogens (tertiary/aromatic N) is 1. The van der Waals surface area contributed by atoms with E-state index in [-0.39, 0.29) is 16.6 Å². The molecule has 2 N–H and O–H groups in total. The molecule has 0 fully saturated rings. The number of hydrogen-bond donors (Lipinski definition) is 1. The van der Waals surface area contributed by atoms with E-state index in [0.29, 0.717) is 12.2 Å². The quantitative estimate of drug-likeness (QED) is 0.835. The Hall–Kier alpha value is -1.30. The van der Waals surface area contributed by atoms with Crippen molar-refractivity contribution in [1.29, 1.82) is 0 Å². The molecule has 1 rings (SSSR count). The maximum Gasteiger partial charge on any atom is 0.416 e. The van der Waals surface area contributed by atoms with E-state index in [1.165, 1.54) is 6.07 Å². The van der Waals surface area contributed by atoms with Crippen LogP contribution >= 0.6 is 12.2 Å². The van der Waals surface area contributed by atoms with Gasteiger partial charge in [-0.15, -0.1) is 0 Å². The first-order chi connectivity index (χ1) is 9.22. The van der Waals surface area contributed by atoms with Crippen LogP contribution in [0.1, 0.15) is 38.3 Å². The number of alkyl halides is 3. The molecular formula is C14H19F3N2S. The zero-order chi connectivity index (χ0) is 15.5. The summed E-state index contributed by atoms with van der Waals surface area (Å²) in [5, 5.41) is 0. The Bertz CT molecular complexity index is 486. The highest BCUT2D eigenvalue weighted by atomic mass is 32.1. The monoisotopic (exact) mass is 304 g/mol. The van der Waals surface area contributed by atoms with Crippen LogP contribution in [0.4, 0.5) is 18.9 Å². The first-order valence-electron chi connectivity index (χ1n) is 6.50. The lowest BCUT2D eigenvalue weighted by molar-refractivity contribution is -0.137. The number of thiocarbonyl (C=S) groups is 1. The molecule has 0 heterocycles. The molecule has 0 radical (unpaired) electrons. The summed E-state index contributed by atoms with van der Waals surface area (Å²) in [6, 6.07) is 3.75. The van der Waals surface area contributed by atoms with Crippen molar-refractivity contribution in [2.24, 2.45) is 5.73 Å². The molecule has 0 aliphatic heterocycles. The van der Waals surface area contributed by atoms with Crippen LogP contribution in [-0.2, 0) is 6.18 Å². The normalized spacial score (nSPS) is 13.1. The second-order valence-electron chi connectivity index (χ2n) is 4.64. The molecule has 0 spiro atoms. The van der Waals surface area contributed by atoms with E-state index in [1.54, 1.807) is 0 Å². The van der Waals surface area contributed by atoms with E-state index in [2.05, 4.69) is 0 Å². The molecule has 1 aromatic carbocycles. The standard InChI is InChI=1S/C14H19F3N2S/c1-4-9(3)19(5-2)12-7-6-10(14(15,16)17)8-11(12)13(18)20/h6-9H,4-5H2,1-3H3,(H2,18,20). The fourth-order valence-electron chi connectivity index (χ4n) is 2.10. The molecule has 1 atom stereocenters. The largest absolute Gasteiger partial charge is 0.416 e. The van der Waals surface area contributed by atoms with Crippen molar-refractivity contribution < 1.29 is 13.2 Å².